The standard InChI is InChI=1S/C15H21NO2/c1-10-7-15(8-10)9-13(16-2)12-6-11(17-3)4-5-14(12)18-15/h4-6,10,13,16H,7-9H2,1-3H3. The van der Waals surface area contributed by atoms with Gasteiger partial charge in [0.25, 0.3) is 0 Å². The van der Waals surface area contributed by atoms with Crippen LogP contribution in [0.15, 0.2) is 18.2 Å². The van der Waals surface area contributed by atoms with Gasteiger partial charge < -0.3 is 14.8 Å². The number of hydrogen-bond donors (Lipinski definition) is 1. The molecule has 0 saturated heterocycles. The molecule has 1 atom stereocenters. The molecule has 1 aromatic carbocycles. The molecular weight excluding hydrogens is 226 g/mol. The van der Waals surface area contributed by atoms with Gasteiger partial charge in [0, 0.05) is 18.0 Å². The summed E-state index contributed by atoms with van der Waals surface area (Å²) in [5, 5.41) is 3.41. The van der Waals surface area contributed by atoms with Crippen LogP contribution < -0.4 is 14.8 Å². The molecule has 2 aliphatic rings. The zero-order valence-electron chi connectivity index (χ0n) is 11.3. The molecule has 0 bridgehead atoms. The first kappa shape index (κ1) is 11.8. The molecule has 1 aliphatic heterocycles. The molecule has 1 aromatic rings. The third-order valence-electron chi connectivity index (χ3n) is 4.28. The first-order chi connectivity index (χ1) is 8.65. The first-order valence-electron chi connectivity index (χ1n) is 6.70. The zero-order chi connectivity index (χ0) is 12.8. The van der Waals surface area contributed by atoms with Gasteiger partial charge in [0.05, 0.1) is 7.11 Å². The van der Waals surface area contributed by atoms with E-state index < -0.39 is 0 Å². The largest absolute Gasteiger partial charge is 0.497 e. The normalized spacial score (nSPS) is 33.5. The minimum Gasteiger partial charge on any atom is -0.497 e. The van der Waals surface area contributed by atoms with Crippen molar-refractivity contribution in [1.29, 1.82) is 0 Å². The molecule has 1 spiro atoms. The molecule has 1 heterocycles. The molecule has 1 fully saturated rings. The summed E-state index contributed by atoms with van der Waals surface area (Å²) in [7, 11) is 3.73. The number of hydrogen-bond acceptors (Lipinski definition) is 3. The van der Waals surface area contributed by atoms with Gasteiger partial charge in [-0.25, -0.2) is 0 Å². The lowest BCUT2D eigenvalue weighted by Crippen LogP contribution is -2.52. The van der Waals surface area contributed by atoms with Gasteiger partial charge in [0.2, 0.25) is 0 Å². The van der Waals surface area contributed by atoms with Gasteiger partial charge in [-0.1, -0.05) is 6.92 Å². The second-order valence-electron chi connectivity index (χ2n) is 5.75. The van der Waals surface area contributed by atoms with E-state index in [0.717, 1.165) is 23.8 Å². The van der Waals surface area contributed by atoms with Crippen LogP contribution in [-0.4, -0.2) is 19.8 Å². The molecule has 3 rings (SSSR count). The van der Waals surface area contributed by atoms with Crippen molar-refractivity contribution in [1.82, 2.24) is 5.32 Å². The zero-order valence-corrected chi connectivity index (χ0v) is 11.3. The summed E-state index contributed by atoms with van der Waals surface area (Å²) in [5.74, 6) is 2.71. The Hall–Kier alpha value is -1.22. The molecule has 98 valence electrons. The van der Waals surface area contributed by atoms with Crippen molar-refractivity contribution in [2.45, 2.75) is 37.8 Å². The summed E-state index contributed by atoms with van der Waals surface area (Å²) in [4.78, 5) is 0. The van der Waals surface area contributed by atoms with E-state index in [2.05, 4.69) is 18.3 Å². The van der Waals surface area contributed by atoms with Crippen LogP contribution in [0.4, 0.5) is 0 Å². The Morgan fingerprint density at radius 1 is 1.33 bits per heavy atom. The van der Waals surface area contributed by atoms with Crippen LogP contribution in [0.5, 0.6) is 11.5 Å². The van der Waals surface area contributed by atoms with E-state index >= 15 is 0 Å². The fourth-order valence-electron chi connectivity index (χ4n) is 3.49. The summed E-state index contributed by atoms with van der Waals surface area (Å²) in [6.07, 6.45) is 3.42. The van der Waals surface area contributed by atoms with Crippen molar-refractivity contribution in [3.63, 3.8) is 0 Å². The summed E-state index contributed by atoms with van der Waals surface area (Å²) < 4.78 is 11.6. The highest BCUT2D eigenvalue weighted by atomic mass is 16.5. The Bertz CT molecular complexity index is 452. The van der Waals surface area contributed by atoms with Crippen LogP contribution in [0.1, 0.15) is 37.8 Å². The lowest BCUT2D eigenvalue weighted by molar-refractivity contribution is -0.0684. The quantitative estimate of drug-likeness (QED) is 0.871. The maximum atomic E-state index is 6.26. The molecule has 1 unspecified atom stereocenters. The van der Waals surface area contributed by atoms with E-state index in [9.17, 15) is 0 Å². The number of fused-ring (bicyclic) bond motifs is 1. The summed E-state index contributed by atoms with van der Waals surface area (Å²) in [5.41, 5.74) is 1.30. The molecule has 1 aliphatic carbocycles. The molecule has 1 saturated carbocycles. The molecular formula is C15H21NO2. The summed E-state index contributed by atoms with van der Waals surface area (Å²) in [6, 6.07) is 6.48. The Morgan fingerprint density at radius 2 is 2.11 bits per heavy atom. The van der Waals surface area contributed by atoms with Gasteiger partial charge in [-0.15, -0.1) is 0 Å². The Balaban J connectivity index is 1.94. The van der Waals surface area contributed by atoms with Crippen LogP contribution in [0, 0.1) is 5.92 Å². The number of methoxy groups -OCH3 is 1. The maximum absolute atomic E-state index is 6.26. The summed E-state index contributed by atoms with van der Waals surface area (Å²) >= 11 is 0. The third kappa shape index (κ3) is 1.77. The number of ether oxygens (including phenoxy) is 2. The molecule has 3 heteroatoms. The average molecular weight is 247 g/mol. The first-order valence-corrected chi connectivity index (χ1v) is 6.70. The fourth-order valence-corrected chi connectivity index (χ4v) is 3.49. The van der Waals surface area contributed by atoms with Crippen molar-refractivity contribution in [3.8, 4) is 11.5 Å². The Kier molecular flexibility index (Phi) is 2.74. The van der Waals surface area contributed by atoms with Gasteiger partial charge in [-0.05, 0) is 44.0 Å². The van der Waals surface area contributed by atoms with Crippen molar-refractivity contribution >= 4 is 0 Å². The predicted octanol–water partition coefficient (Wildman–Crippen LogP) is 2.91. The molecule has 18 heavy (non-hydrogen) atoms. The third-order valence-corrected chi connectivity index (χ3v) is 4.28. The van der Waals surface area contributed by atoms with Crippen molar-refractivity contribution in [3.05, 3.63) is 23.8 Å². The maximum Gasteiger partial charge on any atom is 0.125 e. The lowest BCUT2D eigenvalue weighted by Gasteiger charge is -2.51. The monoisotopic (exact) mass is 247 g/mol. The highest BCUT2D eigenvalue weighted by molar-refractivity contribution is 5.44. The van der Waals surface area contributed by atoms with E-state index in [4.69, 9.17) is 9.47 Å². The highest BCUT2D eigenvalue weighted by Crippen LogP contribution is 2.51. The topological polar surface area (TPSA) is 30.5 Å². The van der Waals surface area contributed by atoms with Gasteiger partial charge in [-0.3, -0.25) is 0 Å². The van der Waals surface area contributed by atoms with Crippen molar-refractivity contribution in [2.75, 3.05) is 14.2 Å². The van der Waals surface area contributed by atoms with E-state index in [-0.39, 0.29) is 5.60 Å². The average Bonchev–Trinajstić information content (AvgIpc) is 2.35. The summed E-state index contributed by atoms with van der Waals surface area (Å²) in [6.45, 7) is 2.30. The number of benzene rings is 1. The molecule has 0 radical (unpaired) electrons. The second-order valence-corrected chi connectivity index (χ2v) is 5.75. The van der Waals surface area contributed by atoms with Crippen LogP contribution in [-0.2, 0) is 0 Å². The van der Waals surface area contributed by atoms with Crippen LogP contribution in [0.2, 0.25) is 0 Å². The molecule has 3 nitrogen and oxygen atoms in total. The SMILES string of the molecule is CNC1CC2(CC(C)C2)Oc2ccc(OC)cc21. The fraction of sp³-hybridized carbons (Fsp3) is 0.600. The van der Waals surface area contributed by atoms with Crippen molar-refractivity contribution in [2.24, 2.45) is 5.92 Å². The van der Waals surface area contributed by atoms with Crippen LogP contribution in [0.3, 0.4) is 0 Å². The molecule has 0 aromatic heterocycles. The Morgan fingerprint density at radius 3 is 2.72 bits per heavy atom. The van der Waals surface area contributed by atoms with Crippen LogP contribution in [0.25, 0.3) is 0 Å². The minimum absolute atomic E-state index is 0.0781. The van der Waals surface area contributed by atoms with Gasteiger partial charge >= 0.3 is 0 Å². The predicted molar refractivity (Wildman–Crippen MR) is 71.2 cm³/mol. The van der Waals surface area contributed by atoms with E-state index in [1.807, 2.05) is 19.2 Å². The van der Waals surface area contributed by atoms with Gasteiger partial charge in [-0.2, -0.15) is 0 Å². The highest BCUT2D eigenvalue weighted by Gasteiger charge is 2.48. The van der Waals surface area contributed by atoms with Gasteiger partial charge in [0.15, 0.2) is 0 Å². The van der Waals surface area contributed by atoms with Crippen molar-refractivity contribution < 1.29 is 9.47 Å². The van der Waals surface area contributed by atoms with Crippen LogP contribution >= 0.6 is 0 Å². The second kappa shape index (κ2) is 4.16. The van der Waals surface area contributed by atoms with E-state index in [0.29, 0.717) is 6.04 Å². The number of rotatable bonds is 2. The van der Waals surface area contributed by atoms with E-state index in [1.165, 1.54) is 18.4 Å². The van der Waals surface area contributed by atoms with Gasteiger partial charge in [0.1, 0.15) is 17.1 Å². The lowest BCUT2D eigenvalue weighted by atomic mass is 9.67. The molecule has 1 N–H and O–H groups in total. The molecule has 0 amide bonds. The minimum atomic E-state index is 0.0781. The smallest absolute Gasteiger partial charge is 0.125 e. The van der Waals surface area contributed by atoms with E-state index in [1.54, 1.807) is 7.11 Å². The number of nitrogens with one attached hydrogen (secondary N) is 1. The Labute approximate surface area is 108 Å².